The van der Waals surface area contributed by atoms with Gasteiger partial charge in [-0.3, -0.25) is 9.59 Å². The molecule has 2 amide bonds. The van der Waals surface area contributed by atoms with Crippen molar-refractivity contribution in [1.82, 2.24) is 14.5 Å². The number of hydrogen-bond acceptors (Lipinski definition) is 4. The second kappa shape index (κ2) is 13.5. The molecule has 1 atom stereocenters. The van der Waals surface area contributed by atoms with Crippen LogP contribution in [-0.4, -0.2) is 62.7 Å². The average molecular weight is 523 g/mol. The van der Waals surface area contributed by atoms with Crippen LogP contribution in [0.25, 0.3) is 0 Å². The summed E-state index contributed by atoms with van der Waals surface area (Å²) in [7, 11) is -1.16. The highest BCUT2D eigenvalue weighted by molar-refractivity contribution is 7.90. The topological polar surface area (TPSA) is 90.0 Å². The van der Waals surface area contributed by atoms with Gasteiger partial charge in [0.1, 0.15) is 12.6 Å². The van der Waals surface area contributed by atoms with E-state index in [4.69, 9.17) is 11.6 Å². The van der Waals surface area contributed by atoms with E-state index in [9.17, 15) is 18.0 Å². The molecule has 0 aliphatic heterocycles. The summed E-state index contributed by atoms with van der Waals surface area (Å²) in [6, 6.07) is 14.7. The molecule has 2 aromatic carbocycles. The molecule has 10 heteroatoms. The summed E-state index contributed by atoms with van der Waals surface area (Å²) in [6.45, 7) is 3.96. The lowest BCUT2D eigenvalue weighted by Crippen LogP contribution is -2.53. The minimum Gasteiger partial charge on any atom is -0.354 e. The summed E-state index contributed by atoms with van der Waals surface area (Å²) in [5, 5.41) is 3.36. The minimum absolute atomic E-state index is 0.0723. The summed E-state index contributed by atoms with van der Waals surface area (Å²) in [5.41, 5.74) is 1.02. The third kappa shape index (κ3) is 7.68. The Labute approximate surface area is 214 Å². The Hall–Kier alpha value is -2.62. The normalized spacial score (nSPS) is 12.3. The number of nitrogens with zero attached hydrogens (tertiary/aromatic N) is 3. The molecule has 1 N–H and O–H groups in total. The number of para-hydroxylation sites is 1. The molecule has 35 heavy (non-hydrogen) atoms. The van der Waals surface area contributed by atoms with Gasteiger partial charge in [0, 0.05) is 32.2 Å². The average Bonchev–Trinajstić information content (AvgIpc) is 2.83. The first-order chi connectivity index (χ1) is 16.6. The minimum atomic E-state index is -3.98. The van der Waals surface area contributed by atoms with Gasteiger partial charge in [-0.05, 0) is 36.6 Å². The fraction of sp³-hybridized carbons (Fsp3) is 0.440. The number of carbonyl (C=O) groups is 2. The van der Waals surface area contributed by atoms with E-state index < -0.39 is 28.7 Å². The van der Waals surface area contributed by atoms with Crippen molar-refractivity contribution >= 4 is 39.3 Å². The van der Waals surface area contributed by atoms with Gasteiger partial charge in [0.2, 0.25) is 11.8 Å². The molecule has 0 heterocycles. The Kier molecular flexibility index (Phi) is 11.0. The predicted octanol–water partition coefficient (Wildman–Crippen LogP) is 3.68. The first-order valence-electron chi connectivity index (χ1n) is 11.7. The van der Waals surface area contributed by atoms with Gasteiger partial charge in [-0.1, -0.05) is 68.3 Å². The van der Waals surface area contributed by atoms with Crippen molar-refractivity contribution < 1.29 is 18.0 Å². The van der Waals surface area contributed by atoms with Crippen molar-refractivity contribution in [3.05, 3.63) is 65.2 Å². The number of nitrogens with one attached hydrogen (secondary N) is 1. The van der Waals surface area contributed by atoms with Gasteiger partial charge in [-0.2, -0.15) is 12.7 Å². The number of unbranched alkanes of at least 4 members (excludes halogenated alkanes) is 1. The number of hydrogen-bond donors (Lipinski definition) is 1. The van der Waals surface area contributed by atoms with Gasteiger partial charge in [-0.25, -0.2) is 4.31 Å². The molecule has 0 aromatic heterocycles. The van der Waals surface area contributed by atoms with Crippen molar-refractivity contribution in [1.29, 1.82) is 0 Å². The van der Waals surface area contributed by atoms with E-state index in [1.165, 1.54) is 19.0 Å². The van der Waals surface area contributed by atoms with E-state index in [1.54, 1.807) is 54.6 Å². The summed E-state index contributed by atoms with van der Waals surface area (Å²) in [4.78, 5) is 28.2. The van der Waals surface area contributed by atoms with E-state index in [0.717, 1.165) is 21.5 Å². The van der Waals surface area contributed by atoms with Crippen LogP contribution in [0.5, 0.6) is 0 Å². The third-order valence-electron chi connectivity index (χ3n) is 5.58. The Morgan fingerprint density at radius 3 is 2.20 bits per heavy atom. The maximum atomic E-state index is 13.7. The largest absolute Gasteiger partial charge is 0.354 e. The fourth-order valence-corrected chi connectivity index (χ4v) is 4.80. The van der Waals surface area contributed by atoms with Crippen LogP contribution >= 0.6 is 11.6 Å². The highest BCUT2D eigenvalue weighted by Gasteiger charge is 2.33. The van der Waals surface area contributed by atoms with E-state index in [2.05, 4.69) is 5.32 Å². The van der Waals surface area contributed by atoms with Crippen LogP contribution in [0.1, 0.15) is 38.7 Å². The molecule has 0 aliphatic rings. The molecule has 2 rings (SSSR count). The lowest BCUT2D eigenvalue weighted by molar-refractivity contribution is -0.140. The van der Waals surface area contributed by atoms with Crippen LogP contribution in [0, 0.1) is 0 Å². The van der Waals surface area contributed by atoms with E-state index in [1.807, 2.05) is 13.8 Å². The number of anilines is 1. The second-order valence-electron chi connectivity index (χ2n) is 8.31. The Morgan fingerprint density at radius 2 is 1.63 bits per heavy atom. The summed E-state index contributed by atoms with van der Waals surface area (Å²) < 4.78 is 28.4. The maximum absolute atomic E-state index is 13.7. The molecule has 192 valence electrons. The van der Waals surface area contributed by atoms with Crippen molar-refractivity contribution in [2.24, 2.45) is 0 Å². The highest BCUT2D eigenvalue weighted by Crippen LogP contribution is 2.23. The fourth-order valence-electron chi connectivity index (χ4n) is 3.55. The number of halogens is 1. The van der Waals surface area contributed by atoms with Gasteiger partial charge >= 0.3 is 10.2 Å². The molecular formula is C25H35ClN4O4S. The SMILES string of the molecule is CCCCNC(=O)[C@@H](CC)N(Cc1ccccc1Cl)C(=O)CN(c1ccccc1)S(=O)(=O)N(C)C. The number of rotatable bonds is 13. The van der Waals surface area contributed by atoms with Crippen LogP contribution < -0.4 is 9.62 Å². The summed E-state index contributed by atoms with van der Waals surface area (Å²) >= 11 is 6.37. The van der Waals surface area contributed by atoms with Gasteiger partial charge in [0.15, 0.2) is 0 Å². The molecule has 8 nitrogen and oxygen atoms in total. The molecule has 0 radical (unpaired) electrons. The van der Waals surface area contributed by atoms with Crippen molar-refractivity contribution in [3.8, 4) is 0 Å². The second-order valence-corrected chi connectivity index (χ2v) is 10.8. The zero-order valence-electron chi connectivity index (χ0n) is 20.8. The van der Waals surface area contributed by atoms with E-state index in [-0.39, 0.29) is 12.5 Å². The molecule has 0 aliphatic carbocycles. The Morgan fingerprint density at radius 1 is 1.00 bits per heavy atom. The van der Waals surface area contributed by atoms with Crippen molar-refractivity contribution in [2.75, 3.05) is 31.5 Å². The zero-order valence-corrected chi connectivity index (χ0v) is 22.3. The summed E-state index contributed by atoms with van der Waals surface area (Å²) in [6.07, 6.45) is 2.11. The lowest BCUT2D eigenvalue weighted by atomic mass is 10.1. The molecule has 0 unspecified atom stereocenters. The molecule has 0 saturated carbocycles. The van der Waals surface area contributed by atoms with Crippen LogP contribution in [0.4, 0.5) is 5.69 Å². The van der Waals surface area contributed by atoms with Gasteiger partial charge in [0.05, 0.1) is 5.69 Å². The first-order valence-corrected chi connectivity index (χ1v) is 13.5. The van der Waals surface area contributed by atoms with Gasteiger partial charge in [0.25, 0.3) is 0 Å². The maximum Gasteiger partial charge on any atom is 0.304 e. The van der Waals surface area contributed by atoms with Crippen LogP contribution in [0.15, 0.2) is 54.6 Å². The molecule has 0 bridgehead atoms. The van der Waals surface area contributed by atoms with Crippen LogP contribution in [0.3, 0.4) is 0 Å². The molecule has 0 spiro atoms. The van der Waals surface area contributed by atoms with Gasteiger partial charge < -0.3 is 10.2 Å². The quantitative estimate of drug-likeness (QED) is 0.406. The number of benzene rings is 2. The van der Waals surface area contributed by atoms with Crippen molar-refractivity contribution in [2.45, 2.75) is 45.7 Å². The van der Waals surface area contributed by atoms with E-state index in [0.29, 0.717) is 29.2 Å². The van der Waals surface area contributed by atoms with Crippen molar-refractivity contribution in [3.63, 3.8) is 0 Å². The summed E-state index contributed by atoms with van der Waals surface area (Å²) in [5.74, 6) is -0.778. The van der Waals surface area contributed by atoms with E-state index >= 15 is 0 Å². The Bertz CT molecular complexity index is 1080. The Balaban J connectivity index is 2.45. The number of amides is 2. The smallest absolute Gasteiger partial charge is 0.304 e. The lowest BCUT2D eigenvalue weighted by Gasteiger charge is -2.34. The standard InChI is InChI=1S/C25H35ClN4O4S/c1-5-7-17-27-25(32)23(6-2)29(18-20-13-11-12-16-22(20)26)24(31)19-30(35(33,34)28(3)4)21-14-9-8-10-15-21/h8-16,23H,5-7,17-19H2,1-4H3,(H,27,32)/t23-/m1/s1. The molecule has 2 aromatic rings. The van der Waals surface area contributed by atoms with Crippen LogP contribution in [-0.2, 0) is 26.3 Å². The number of carbonyl (C=O) groups excluding carboxylic acids is 2. The van der Waals surface area contributed by atoms with Gasteiger partial charge in [-0.15, -0.1) is 0 Å². The molecular weight excluding hydrogens is 488 g/mol. The van der Waals surface area contributed by atoms with Crippen LogP contribution in [0.2, 0.25) is 5.02 Å². The first kappa shape index (κ1) is 28.6. The molecule has 0 fully saturated rings. The third-order valence-corrected chi connectivity index (χ3v) is 7.77. The zero-order chi connectivity index (χ0) is 26.0. The molecule has 0 saturated heterocycles. The highest BCUT2D eigenvalue weighted by atomic mass is 35.5. The monoisotopic (exact) mass is 522 g/mol. The predicted molar refractivity (Wildman–Crippen MR) is 140 cm³/mol.